The second kappa shape index (κ2) is 9.62. The summed E-state index contributed by atoms with van der Waals surface area (Å²) in [6.45, 7) is 1.36. The Kier molecular flexibility index (Phi) is 7.78. The molecule has 14 heteroatoms. The Morgan fingerprint density at radius 3 is 2.09 bits per heavy atom. The maximum absolute atomic E-state index is 11.9. The maximum atomic E-state index is 11.9. The summed E-state index contributed by atoms with van der Waals surface area (Å²) in [6.07, 6.45) is 0. The van der Waals surface area contributed by atoms with E-state index in [9.17, 15) is 30.7 Å². The van der Waals surface area contributed by atoms with Gasteiger partial charge in [0.2, 0.25) is 5.91 Å². The van der Waals surface area contributed by atoms with Gasteiger partial charge in [-0.1, -0.05) is 6.07 Å². The van der Waals surface area contributed by atoms with Crippen molar-refractivity contribution in [2.45, 2.75) is 16.7 Å². The summed E-state index contributed by atoms with van der Waals surface area (Å²) in [4.78, 5) is 9.55. The van der Waals surface area contributed by atoms with Crippen LogP contribution in [0.4, 0.5) is 22.7 Å². The minimum Gasteiger partial charge on any atom is -0.397 e. The van der Waals surface area contributed by atoms with Gasteiger partial charge >= 0.3 is 29.6 Å². The van der Waals surface area contributed by atoms with Crippen molar-refractivity contribution in [3.63, 3.8) is 0 Å². The first kappa shape index (κ1) is 25.9. The minimum atomic E-state index is -4.92. The van der Waals surface area contributed by atoms with E-state index in [0.717, 1.165) is 6.07 Å². The zero-order valence-electron chi connectivity index (χ0n) is 16.8. The van der Waals surface area contributed by atoms with Gasteiger partial charge in [0.15, 0.2) is 0 Å². The van der Waals surface area contributed by atoms with Crippen molar-refractivity contribution in [2.24, 2.45) is 10.2 Å². The van der Waals surface area contributed by atoms with E-state index in [2.05, 4.69) is 15.5 Å². The number of nitrogen functional groups attached to an aromatic ring is 1. The molecule has 0 heterocycles. The third-order valence-corrected chi connectivity index (χ3v) is 5.80. The van der Waals surface area contributed by atoms with Crippen LogP contribution in [-0.2, 0) is 25.0 Å². The number of nitrogens with two attached hydrogens (primary N) is 1. The number of rotatable bonds is 5. The monoisotopic (exact) mass is 487 g/mol. The van der Waals surface area contributed by atoms with Crippen LogP contribution in [0.1, 0.15) is 6.92 Å². The molecular formula is C18H16N4NaO7S2+. The van der Waals surface area contributed by atoms with E-state index in [1.54, 1.807) is 12.1 Å². The van der Waals surface area contributed by atoms with Crippen molar-refractivity contribution < 1.29 is 60.3 Å². The van der Waals surface area contributed by atoms with Gasteiger partial charge in [-0.25, -0.2) is 0 Å². The molecule has 3 aromatic rings. The molecular weight excluding hydrogens is 471 g/mol. The Morgan fingerprint density at radius 2 is 1.56 bits per heavy atom. The van der Waals surface area contributed by atoms with Gasteiger partial charge in [-0.15, -0.1) is 5.11 Å². The van der Waals surface area contributed by atoms with Crippen LogP contribution < -0.4 is 40.6 Å². The van der Waals surface area contributed by atoms with Gasteiger partial charge in [0, 0.05) is 18.0 Å². The summed E-state index contributed by atoms with van der Waals surface area (Å²) >= 11 is 0. The van der Waals surface area contributed by atoms with Gasteiger partial charge in [-0.3, -0.25) is 13.9 Å². The first-order valence-electron chi connectivity index (χ1n) is 8.47. The average Bonchev–Trinajstić information content (AvgIpc) is 2.65. The largest absolute Gasteiger partial charge is 1.00 e. The third-order valence-electron chi connectivity index (χ3n) is 4.09. The van der Waals surface area contributed by atoms with Gasteiger partial charge in [-0.2, -0.15) is 21.9 Å². The fourth-order valence-electron chi connectivity index (χ4n) is 2.78. The number of benzene rings is 3. The maximum Gasteiger partial charge on any atom is 1.00 e. The SMILES string of the molecule is CC(=O)Nc1ccc(N=Nc2c(N)ccc3cc(S(=O)(=O)O)cc(S(=O)(=O)O)c23)cc1.[Na+]. The molecule has 0 unspecified atom stereocenters. The zero-order valence-corrected chi connectivity index (χ0v) is 20.5. The standard InChI is InChI=1S/C18H16N4O7S2.Na/c1-10(23)20-12-3-5-13(6-4-12)21-22-18-15(19)7-2-11-8-14(30(24,25)26)9-16(17(11)18)31(27,28)29;/h2-9H,19H2,1H3,(H,20,23)(H,24,25,26)(H,27,28,29);/q;+1. The Hall–Kier alpha value is -2.39. The molecule has 0 saturated carbocycles. The molecule has 0 radical (unpaired) electrons. The molecule has 0 spiro atoms. The molecule has 3 rings (SSSR count). The third kappa shape index (κ3) is 5.89. The van der Waals surface area contributed by atoms with Crippen LogP contribution in [0.2, 0.25) is 0 Å². The number of nitrogens with one attached hydrogen (secondary N) is 1. The predicted molar refractivity (Wildman–Crippen MR) is 113 cm³/mol. The molecule has 0 fully saturated rings. The van der Waals surface area contributed by atoms with E-state index in [1.807, 2.05) is 0 Å². The van der Waals surface area contributed by atoms with Gasteiger partial charge in [-0.05, 0) is 47.9 Å². The van der Waals surface area contributed by atoms with Crippen LogP contribution >= 0.6 is 0 Å². The number of fused-ring (bicyclic) bond motifs is 1. The van der Waals surface area contributed by atoms with Crippen LogP contribution in [0.5, 0.6) is 0 Å². The van der Waals surface area contributed by atoms with Gasteiger partial charge in [0.25, 0.3) is 20.2 Å². The summed E-state index contributed by atoms with van der Waals surface area (Å²) in [5.74, 6) is -0.250. The van der Waals surface area contributed by atoms with Crippen molar-refractivity contribution >= 4 is 59.7 Å². The summed E-state index contributed by atoms with van der Waals surface area (Å²) in [5, 5.41) is 10.4. The normalized spacial score (nSPS) is 12.0. The van der Waals surface area contributed by atoms with Crippen LogP contribution in [0.3, 0.4) is 0 Å². The van der Waals surface area contributed by atoms with Crippen molar-refractivity contribution in [2.75, 3.05) is 11.1 Å². The fourth-order valence-corrected chi connectivity index (χ4v) is 4.15. The molecule has 32 heavy (non-hydrogen) atoms. The molecule has 0 aliphatic heterocycles. The number of hydrogen-bond acceptors (Lipinski definition) is 8. The molecule has 0 aliphatic carbocycles. The fraction of sp³-hybridized carbons (Fsp3) is 0.0556. The van der Waals surface area contributed by atoms with Crippen LogP contribution in [0, 0.1) is 0 Å². The van der Waals surface area contributed by atoms with E-state index in [4.69, 9.17) is 5.73 Å². The zero-order chi connectivity index (χ0) is 23.0. The molecule has 11 nitrogen and oxygen atoms in total. The van der Waals surface area contributed by atoms with E-state index >= 15 is 0 Å². The number of hydrogen-bond donors (Lipinski definition) is 4. The molecule has 0 bridgehead atoms. The topological polar surface area (TPSA) is 189 Å². The molecule has 0 atom stereocenters. The van der Waals surface area contributed by atoms with Crippen LogP contribution in [0.15, 0.2) is 68.6 Å². The van der Waals surface area contributed by atoms with E-state index in [-0.39, 0.29) is 57.6 Å². The molecule has 0 saturated heterocycles. The Labute approximate surface area is 205 Å². The van der Waals surface area contributed by atoms with Gasteiger partial charge in [0.05, 0.1) is 16.3 Å². The van der Waals surface area contributed by atoms with E-state index < -0.39 is 30.0 Å². The Balaban J connectivity index is 0.00000363. The van der Waals surface area contributed by atoms with Crippen molar-refractivity contribution in [1.82, 2.24) is 0 Å². The van der Waals surface area contributed by atoms with Crippen molar-refractivity contribution in [3.8, 4) is 0 Å². The predicted octanol–water partition coefficient (Wildman–Crippen LogP) is 0.293. The average molecular weight is 487 g/mol. The number of nitrogens with zero attached hydrogens (tertiary/aromatic N) is 2. The minimum absolute atomic E-state index is 0. The van der Waals surface area contributed by atoms with E-state index in [0.29, 0.717) is 17.4 Å². The number of amides is 1. The summed E-state index contributed by atoms with van der Waals surface area (Å²) < 4.78 is 65.8. The number of carbonyl (C=O) groups excluding carboxylic acids is 1. The first-order chi connectivity index (χ1) is 14.4. The van der Waals surface area contributed by atoms with Gasteiger partial charge < -0.3 is 11.1 Å². The number of carbonyl (C=O) groups is 1. The molecule has 0 aromatic heterocycles. The Morgan fingerprint density at radius 1 is 0.938 bits per heavy atom. The molecule has 1 amide bonds. The quantitative estimate of drug-likeness (QED) is 0.171. The van der Waals surface area contributed by atoms with Crippen LogP contribution in [-0.4, -0.2) is 31.8 Å². The van der Waals surface area contributed by atoms with Crippen LogP contribution in [0.25, 0.3) is 10.8 Å². The Bertz CT molecular complexity index is 1440. The summed E-state index contributed by atoms with van der Waals surface area (Å²) in [6, 6.07) is 10.5. The molecule has 5 N–H and O–H groups in total. The smallest absolute Gasteiger partial charge is 0.397 e. The molecule has 0 aliphatic rings. The number of anilines is 2. The van der Waals surface area contributed by atoms with Crippen molar-refractivity contribution in [1.29, 1.82) is 0 Å². The first-order valence-corrected chi connectivity index (χ1v) is 11.3. The molecule has 3 aromatic carbocycles. The van der Waals surface area contributed by atoms with Crippen molar-refractivity contribution in [3.05, 3.63) is 48.5 Å². The van der Waals surface area contributed by atoms with Gasteiger partial charge in [0.1, 0.15) is 10.6 Å². The summed E-state index contributed by atoms with van der Waals surface area (Å²) in [5.41, 5.74) is 6.67. The second-order valence-electron chi connectivity index (χ2n) is 6.40. The summed E-state index contributed by atoms with van der Waals surface area (Å²) in [7, 11) is -9.68. The van der Waals surface area contributed by atoms with E-state index in [1.165, 1.54) is 31.2 Å². The number of azo groups is 1. The molecule has 162 valence electrons. The second-order valence-corrected chi connectivity index (χ2v) is 9.21.